The zero-order valence-electron chi connectivity index (χ0n) is 9.95. The minimum Gasteiger partial charge on any atom is -0.396 e. The average molecular weight is 224 g/mol. The van der Waals surface area contributed by atoms with Crippen LogP contribution < -0.4 is 0 Å². The van der Waals surface area contributed by atoms with Crippen LogP contribution in [0.15, 0.2) is 30.3 Å². The Labute approximate surface area is 97.3 Å². The molecule has 90 valence electrons. The molecule has 1 aromatic carbocycles. The van der Waals surface area contributed by atoms with Gasteiger partial charge >= 0.3 is 0 Å². The lowest BCUT2D eigenvalue weighted by molar-refractivity contribution is 0.0996. The first-order valence-corrected chi connectivity index (χ1v) is 6.08. The van der Waals surface area contributed by atoms with Crippen molar-refractivity contribution in [2.24, 2.45) is 0 Å². The van der Waals surface area contributed by atoms with Gasteiger partial charge in [0.25, 0.3) is 0 Å². The summed E-state index contributed by atoms with van der Waals surface area (Å²) >= 11 is 0. The molecular formula is C14H21FO. The lowest BCUT2D eigenvalue weighted by Gasteiger charge is -2.25. The van der Waals surface area contributed by atoms with Crippen molar-refractivity contribution >= 4 is 0 Å². The second-order valence-electron chi connectivity index (χ2n) is 4.26. The molecule has 2 heteroatoms. The molecule has 0 aromatic heterocycles. The number of hydrogen-bond acceptors (Lipinski definition) is 1. The second kappa shape index (κ2) is 6.64. The summed E-state index contributed by atoms with van der Waals surface area (Å²) in [6.07, 6.45) is 3.71. The predicted molar refractivity (Wildman–Crippen MR) is 65.1 cm³/mol. The zero-order valence-corrected chi connectivity index (χ0v) is 9.95. The molecule has 0 fully saturated rings. The van der Waals surface area contributed by atoms with Gasteiger partial charge in [-0.05, 0) is 18.4 Å². The highest BCUT2D eigenvalue weighted by Gasteiger charge is 2.30. The van der Waals surface area contributed by atoms with Crippen molar-refractivity contribution in [2.75, 3.05) is 6.61 Å². The molecule has 0 spiro atoms. The number of aliphatic hydroxyl groups is 1. The Hall–Kier alpha value is -0.890. The Morgan fingerprint density at radius 1 is 1.12 bits per heavy atom. The van der Waals surface area contributed by atoms with Gasteiger partial charge in [-0.3, -0.25) is 0 Å². The molecule has 0 saturated heterocycles. The third-order valence-electron chi connectivity index (χ3n) is 2.98. The molecule has 0 radical (unpaired) electrons. The van der Waals surface area contributed by atoms with Crippen molar-refractivity contribution in [1.29, 1.82) is 0 Å². The third kappa shape index (κ3) is 3.60. The van der Waals surface area contributed by atoms with Crippen LogP contribution in [-0.4, -0.2) is 11.7 Å². The lowest BCUT2D eigenvalue weighted by atomic mass is 9.87. The molecular weight excluding hydrogens is 203 g/mol. The van der Waals surface area contributed by atoms with Crippen molar-refractivity contribution in [3.63, 3.8) is 0 Å². The maximum atomic E-state index is 14.7. The highest BCUT2D eigenvalue weighted by Crippen LogP contribution is 2.35. The summed E-state index contributed by atoms with van der Waals surface area (Å²) in [5, 5.41) is 8.98. The first-order chi connectivity index (χ1) is 7.73. The van der Waals surface area contributed by atoms with E-state index in [0.717, 1.165) is 19.3 Å². The first kappa shape index (κ1) is 13.2. The predicted octanol–water partition coefficient (Wildman–Crippen LogP) is 3.81. The van der Waals surface area contributed by atoms with E-state index in [9.17, 15) is 4.39 Å². The Bertz CT molecular complexity index is 286. The average Bonchev–Trinajstić information content (AvgIpc) is 2.31. The van der Waals surface area contributed by atoms with E-state index < -0.39 is 5.67 Å². The number of unbranched alkanes of at least 4 members (excludes halogenated alkanes) is 2. The highest BCUT2D eigenvalue weighted by molar-refractivity contribution is 5.22. The van der Waals surface area contributed by atoms with Gasteiger partial charge in [0.15, 0.2) is 0 Å². The fraction of sp³-hybridized carbons (Fsp3) is 0.571. The maximum Gasteiger partial charge on any atom is 0.138 e. The number of halogens is 1. The van der Waals surface area contributed by atoms with Crippen LogP contribution in [0.25, 0.3) is 0 Å². The fourth-order valence-corrected chi connectivity index (χ4v) is 1.98. The van der Waals surface area contributed by atoms with Crippen LogP contribution in [0.3, 0.4) is 0 Å². The third-order valence-corrected chi connectivity index (χ3v) is 2.98. The summed E-state index contributed by atoms with van der Waals surface area (Å²) in [5.41, 5.74) is -0.661. The maximum absolute atomic E-state index is 14.7. The normalized spacial score (nSPS) is 14.7. The van der Waals surface area contributed by atoms with Gasteiger partial charge in [0.05, 0.1) is 0 Å². The first-order valence-electron chi connectivity index (χ1n) is 6.08. The number of benzene rings is 1. The van der Waals surface area contributed by atoms with Crippen LogP contribution in [0.2, 0.25) is 0 Å². The van der Waals surface area contributed by atoms with Gasteiger partial charge in [0, 0.05) is 13.0 Å². The summed E-state index contributed by atoms with van der Waals surface area (Å²) in [5.74, 6) is 0. The Kier molecular flexibility index (Phi) is 5.47. The minimum atomic E-state index is -1.36. The molecule has 1 aromatic rings. The van der Waals surface area contributed by atoms with Crippen molar-refractivity contribution in [1.82, 2.24) is 0 Å². The molecule has 1 nitrogen and oxygen atoms in total. The molecule has 0 aliphatic heterocycles. The van der Waals surface area contributed by atoms with Gasteiger partial charge in [-0.1, -0.05) is 50.1 Å². The summed E-state index contributed by atoms with van der Waals surface area (Å²) < 4.78 is 14.7. The van der Waals surface area contributed by atoms with Crippen LogP contribution in [0.4, 0.5) is 4.39 Å². The molecule has 1 rings (SSSR count). The van der Waals surface area contributed by atoms with Crippen LogP contribution in [-0.2, 0) is 5.67 Å². The molecule has 0 bridgehead atoms. The number of hydrogen-bond donors (Lipinski definition) is 1. The van der Waals surface area contributed by atoms with Crippen LogP contribution in [0.5, 0.6) is 0 Å². The van der Waals surface area contributed by atoms with E-state index in [1.54, 1.807) is 0 Å². The molecule has 0 heterocycles. The van der Waals surface area contributed by atoms with Crippen LogP contribution in [0, 0.1) is 0 Å². The zero-order chi connectivity index (χ0) is 11.9. The van der Waals surface area contributed by atoms with Crippen LogP contribution >= 0.6 is 0 Å². The summed E-state index contributed by atoms with van der Waals surface area (Å²) in [7, 11) is 0. The Morgan fingerprint density at radius 2 is 1.81 bits per heavy atom. The molecule has 0 aliphatic rings. The molecule has 0 unspecified atom stereocenters. The van der Waals surface area contributed by atoms with Gasteiger partial charge in [-0.15, -0.1) is 0 Å². The van der Waals surface area contributed by atoms with Gasteiger partial charge < -0.3 is 5.11 Å². The molecule has 0 amide bonds. The topological polar surface area (TPSA) is 20.2 Å². The Balaban J connectivity index is 2.71. The lowest BCUT2D eigenvalue weighted by Crippen LogP contribution is -2.21. The summed E-state index contributed by atoms with van der Waals surface area (Å²) in [6.45, 7) is 2.01. The van der Waals surface area contributed by atoms with Gasteiger partial charge in [0.2, 0.25) is 0 Å². The minimum absolute atomic E-state index is 0.0997. The van der Waals surface area contributed by atoms with E-state index in [1.165, 1.54) is 0 Å². The number of rotatable bonds is 7. The quantitative estimate of drug-likeness (QED) is 0.698. The molecule has 0 aliphatic carbocycles. The Morgan fingerprint density at radius 3 is 2.38 bits per heavy atom. The second-order valence-corrected chi connectivity index (χ2v) is 4.26. The van der Waals surface area contributed by atoms with E-state index in [0.29, 0.717) is 12.0 Å². The summed E-state index contributed by atoms with van der Waals surface area (Å²) in [4.78, 5) is 0. The monoisotopic (exact) mass is 224 g/mol. The van der Waals surface area contributed by atoms with Crippen molar-refractivity contribution in [2.45, 2.75) is 44.7 Å². The van der Waals surface area contributed by atoms with Gasteiger partial charge in [-0.25, -0.2) is 4.39 Å². The van der Waals surface area contributed by atoms with E-state index in [2.05, 4.69) is 6.92 Å². The standard InChI is InChI=1S/C14H21FO/c1-2-3-7-10-14(15,11-12-16)13-8-5-4-6-9-13/h4-6,8-9,16H,2-3,7,10-12H2,1H3/t14-/m1/s1. The smallest absolute Gasteiger partial charge is 0.138 e. The molecule has 0 saturated carbocycles. The van der Waals surface area contributed by atoms with E-state index in [1.807, 2.05) is 30.3 Å². The largest absolute Gasteiger partial charge is 0.396 e. The highest BCUT2D eigenvalue weighted by atomic mass is 19.1. The molecule has 16 heavy (non-hydrogen) atoms. The summed E-state index contributed by atoms with van der Waals surface area (Å²) in [6, 6.07) is 9.19. The molecule has 1 atom stereocenters. The SMILES string of the molecule is CCCCC[C@@](F)(CCO)c1ccccc1. The van der Waals surface area contributed by atoms with Crippen molar-refractivity contribution in [3.8, 4) is 0 Å². The fourth-order valence-electron chi connectivity index (χ4n) is 1.98. The van der Waals surface area contributed by atoms with E-state index in [-0.39, 0.29) is 13.0 Å². The van der Waals surface area contributed by atoms with Gasteiger partial charge in [0.1, 0.15) is 5.67 Å². The van der Waals surface area contributed by atoms with Gasteiger partial charge in [-0.2, -0.15) is 0 Å². The van der Waals surface area contributed by atoms with E-state index >= 15 is 0 Å². The molecule has 1 N–H and O–H groups in total. The van der Waals surface area contributed by atoms with Crippen molar-refractivity contribution in [3.05, 3.63) is 35.9 Å². The van der Waals surface area contributed by atoms with Crippen molar-refractivity contribution < 1.29 is 9.50 Å². The number of alkyl halides is 1. The number of aliphatic hydroxyl groups excluding tert-OH is 1. The van der Waals surface area contributed by atoms with Crippen LogP contribution in [0.1, 0.15) is 44.6 Å². The van der Waals surface area contributed by atoms with E-state index in [4.69, 9.17) is 5.11 Å².